The maximum atomic E-state index is 5.54. The van der Waals surface area contributed by atoms with Crippen molar-refractivity contribution in [3.8, 4) is 0 Å². The third-order valence-electron chi connectivity index (χ3n) is 3.01. The van der Waals surface area contributed by atoms with Gasteiger partial charge in [0.15, 0.2) is 0 Å². The first-order chi connectivity index (χ1) is 6.36. The van der Waals surface area contributed by atoms with E-state index >= 15 is 0 Å². The first-order valence-electron chi connectivity index (χ1n) is 5.33. The van der Waals surface area contributed by atoms with Crippen LogP contribution in [0, 0.1) is 0 Å². The molecule has 2 fully saturated rings. The van der Waals surface area contributed by atoms with E-state index in [9.17, 15) is 0 Å². The molecule has 3 atom stereocenters. The summed E-state index contributed by atoms with van der Waals surface area (Å²) in [4.78, 5) is 0. The summed E-state index contributed by atoms with van der Waals surface area (Å²) < 4.78 is 11.0. The zero-order valence-corrected chi connectivity index (χ0v) is 8.29. The highest BCUT2D eigenvalue weighted by molar-refractivity contribution is 4.80. The van der Waals surface area contributed by atoms with E-state index in [4.69, 9.17) is 9.47 Å². The summed E-state index contributed by atoms with van der Waals surface area (Å²) in [7, 11) is 0. The average molecular weight is 185 g/mol. The summed E-state index contributed by atoms with van der Waals surface area (Å²) in [5, 5.41) is 3.52. The molecule has 2 aliphatic rings. The second-order valence-corrected chi connectivity index (χ2v) is 4.01. The third-order valence-corrected chi connectivity index (χ3v) is 3.01. The second kappa shape index (κ2) is 4.40. The van der Waals surface area contributed by atoms with Crippen LogP contribution in [0.15, 0.2) is 0 Å². The monoisotopic (exact) mass is 185 g/mol. The molecule has 2 aliphatic heterocycles. The van der Waals surface area contributed by atoms with Gasteiger partial charge in [0, 0.05) is 25.8 Å². The molecule has 0 aromatic heterocycles. The Hall–Kier alpha value is -0.120. The molecule has 2 saturated heterocycles. The van der Waals surface area contributed by atoms with Crippen molar-refractivity contribution in [2.45, 2.75) is 44.4 Å². The van der Waals surface area contributed by atoms with E-state index in [0.717, 1.165) is 26.2 Å². The molecular formula is C10H19NO2. The van der Waals surface area contributed by atoms with E-state index in [0.29, 0.717) is 18.2 Å². The molecular weight excluding hydrogens is 166 g/mol. The van der Waals surface area contributed by atoms with Gasteiger partial charge in [0.1, 0.15) is 0 Å². The zero-order valence-electron chi connectivity index (χ0n) is 8.29. The van der Waals surface area contributed by atoms with Gasteiger partial charge >= 0.3 is 0 Å². The first kappa shape index (κ1) is 9.44. The molecule has 2 rings (SSSR count). The molecule has 0 aromatic carbocycles. The molecule has 3 nitrogen and oxygen atoms in total. The minimum absolute atomic E-state index is 0.376. The van der Waals surface area contributed by atoms with Gasteiger partial charge in [-0.05, 0) is 26.2 Å². The largest absolute Gasteiger partial charge is 0.377 e. The first-order valence-corrected chi connectivity index (χ1v) is 5.33. The predicted octanol–water partition coefficient (Wildman–Crippen LogP) is 0.932. The number of ether oxygens (including phenoxy) is 2. The molecule has 0 radical (unpaired) electrons. The van der Waals surface area contributed by atoms with E-state index in [1.165, 1.54) is 12.8 Å². The van der Waals surface area contributed by atoms with Crippen molar-refractivity contribution in [3.05, 3.63) is 0 Å². The SMILES string of the molecule is C[C@@H]1OCC[C@H]1NC[C@H]1CCCO1. The van der Waals surface area contributed by atoms with Crippen molar-refractivity contribution in [1.29, 1.82) is 0 Å². The Balaban J connectivity index is 1.66. The van der Waals surface area contributed by atoms with Gasteiger partial charge in [0.2, 0.25) is 0 Å². The molecule has 0 spiro atoms. The van der Waals surface area contributed by atoms with E-state index in [2.05, 4.69) is 12.2 Å². The van der Waals surface area contributed by atoms with Crippen LogP contribution in [-0.4, -0.2) is 38.0 Å². The normalized spacial score (nSPS) is 39.9. The van der Waals surface area contributed by atoms with Crippen molar-refractivity contribution < 1.29 is 9.47 Å². The van der Waals surface area contributed by atoms with Gasteiger partial charge in [0.25, 0.3) is 0 Å². The summed E-state index contributed by atoms with van der Waals surface area (Å²) in [6.07, 6.45) is 4.42. The van der Waals surface area contributed by atoms with Crippen LogP contribution in [0.3, 0.4) is 0 Å². The Bertz CT molecular complexity index is 157. The Morgan fingerprint density at radius 1 is 1.23 bits per heavy atom. The van der Waals surface area contributed by atoms with E-state index in [-0.39, 0.29) is 0 Å². The smallest absolute Gasteiger partial charge is 0.0700 e. The van der Waals surface area contributed by atoms with Crippen LogP contribution in [0.2, 0.25) is 0 Å². The lowest BCUT2D eigenvalue weighted by atomic mass is 10.1. The molecule has 0 unspecified atom stereocenters. The molecule has 3 heteroatoms. The zero-order chi connectivity index (χ0) is 9.10. The molecule has 13 heavy (non-hydrogen) atoms. The summed E-state index contributed by atoms with van der Waals surface area (Å²) in [5.41, 5.74) is 0. The van der Waals surface area contributed by atoms with Gasteiger partial charge in [0.05, 0.1) is 12.2 Å². The molecule has 0 saturated carbocycles. The average Bonchev–Trinajstić information content (AvgIpc) is 2.72. The van der Waals surface area contributed by atoms with Crippen LogP contribution < -0.4 is 5.32 Å². The molecule has 2 heterocycles. The lowest BCUT2D eigenvalue weighted by Gasteiger charge is -2.18. The maximum absolute atomic E-state index is 5.54. The molecule has 76 valence electrons. The van der Waals surface area contributed by atoms with Gasteiger partial charge in [-0.2, -0.15) is 0 Å². The van der Waals surface area contributed by atoms with Crippen molar-refractivity contribution in [2.75, 3.05) is 19.8 Å². The lowest BCUT2D eigenvalue weighted by molar-refractivity contribution is 0.0925. The second-order valence-electron chi connectivity index (χ2n) is 4.01. The number of hydrogen-bond donors (Lipinski definition) is 1. The number of hydrogen-bond acceptors (Lipinski definition) is 3. The number of nitrogens with one attached hydrogen (secondary N) is 1. The van der Waals surface area contributed by atoms with Crippen LogP contribution >= 0.6 is 0 Å². The topological polar surface area (TPSA) is 30.5 Å². The summed E-state index contributed by atoms with van der Waals surface area (Å²) in [6, 6.07) is 0.546. The highest BCUT2D eigenvalue weighted by Gasteiger charge is 2.25. The fourth-order valence-corrected chi connectivity index (χ4v) is 2.09. The lowest BCUT2D eigenvalue weighted by Crippen LogP contribution is -2.39. The van der Waals surface area contributed by atoms with Gasteiger partial charge in [-0.3, -0.25) is 0 Å². The van der Waals surface area contributed by atoms with Gasteiger partial charge in [-0.15, -0.1) is 0 Å². The van der Waals surface area contributed by atoms with Crippen molar-refractivity contribution >= 4 is 0 Å². The summed E-state index contributed by atoms with van der Waals surface area (Å²) in [6.45, 7) is 4.99. The third kappa shape index (κ3) is 2.42. The molecule has 0 bridgehead atoms. The fourth-order valence-electron chi connectivity index (χ4n) is 2.09. The highest BCUT2D eigenvalue weighted by Crippen LogP contribution is 2.15. The minimum atomic E-state index is 0.376. The summed E-state index contributed by atoms with van der Waals surface area (Å²) in [5.74, 6) is 0. The fraction of sp³-hybridized carbons (Fsp3) is 1.00. The molecule has 0 aromatic rings. The Morgan fingerprint density at radius 3 is 2.77 bits per heavy atom. The van der Waals surface area contributed by atoms with Crippen LogP contribution in [-0.2, 0) is 9.47 Å². The van der Waals surface area contributed by atoms with Crippen molar-refractivity contribution in [2.24, 2.45) is 0 Å². The highest BCUT2D eigenvalue weighted by atomic mass is 16.5. The maximum Gasteiger partial charge on any atom is 0.0700 e. The minimum Gasteiger partial charge on any atom is -0.377 e. The van der Waals surface area contributed by atoms with Crippen LogP contribution in [0.25, 0.3) is 0 Å². The van der Waals surface area contributed by atoms with Crippen molar-refractivity contribution in [3.63, 3.8) is 0 Å². The Labute approximate surface area is 79.8 Å². The van der Waals surface area contributed by atoms with Gasteiger partial charge in [-0.1, -0.05) is 0 Å². The Kier molecular flexibility index (Phi) is 3.19. The molecule has 1 N–H and O–H groups in total. The van der Waals surface area contributed by atoms with E-state index < -0.39 is 0 Å². The molecule has 0 aliphatic carbocycles. The standard InChI is InChI=1S/C10H19NO2/c1-8-10(4-6-12-8)11-7-9-3-2-5-13-9/h8-11H,2-7H2,1H3/t8-,9+,10+/m0/s1. The Morgan fingerprint density at radius 2 is 2.15 bits per heavy atom. The van der Waals surface area contributed by atoms with Gasteiger partial charge in [-0.25, -0.2) is 0 Å². The predicted molar refractivity (Wildman–Crippen MR) is 50.8 cm³/mol. The number of rotatable bonds is 3. The van der Waals surface area contributed by atoms with E-state index in [1.807, 2.05) is 0 Å². The molecule has 0 amide bonds. The van der Waals surface area contributed by atoms with Crippen LogP contribution in [0.4, 0.5) is 0 Å². The van der Waals surface area contributed by atoms with Crippen LogP contribution in [0.1, 0.15) is 26.2 Å². The van der Waals surface area contributed by atoms with Crippen molar-refractivity contribution in [1.82, 2.24) is 5.32 Å². The quantitative estimate of drug-likeness (QED) is 0.709. The van der Waals surface area contributed by atoms with Gasteiger partial charge < -0.3 is 14.8 Å². The van der Waals surface area contributed by atoms with E-state index in [1.54, 1.807) is 0 Å². The summed E-state index contributed by atoms with van der Waals surface area (Å²) >= 11 is 0. The van der Waals surface area contributed by atoms with Crippen LogP contribution in [0.5, 0.6) is 0 Å².